The molecular formula is C32H35N9O3S. The number of morpholine rings is 1. The van der Waals surface area contributed by atoms with E-state index < -0.39 is 0 Å². The Morgan fingerprint density at radius 1 is 1.07 bits per heavy atom. The molecule has 45 heavy (non-hydrogen) atoms. The maximum atomic E-state index is 12.9. The standard InChI is InChI=1S/C32H35N9O3S/c1-21(17-28-33-7-8-34-28)27(42)5-6-29(43)40-11-9-39(10-12-40)20-22-18-26-30(45-22)32(41-13-15-44-16-14-41)37-31(36-26)23-3-2-4-25-24(23)19-35-38-25/h2-4,7-8,17-19H,5-6,9-16,20H2,1H3,(H,33,34)(H,35,38)/b21-17+. The van der Waals surface area contributed by atoms with Gasteiger partial charge in [-0.2, -0.15) is 5.10 Å². The number of ether oxygens (including phenoxy) is 1. The lowest BCUT2D eigenvalue weighted by atomic mass is 10.1. The van der Waals surface area contributed by atoms with E-state index in [0.29, 0.717) is 43.5 Å². The van der Waals surface area contributed by atoms with Crippen LogP contribution >= 0.6 is 11.3 Å². The number of nitrogens with zero attached hydrogens (tertiary/aromatic N) is 7. The number of rotatable bonds is 9. The number of imidazole rings is 1. The van der Waals surface area contributed by atoms with Gasteiger partial charge in [-0.3, -0.25) is 19.6 Å². The van der Waals surface area contributed by atoms with Gasteiger partial charge in [0, 0.05) is 86.9 Å². The van der Waals surface area contributed by atoms with E-state index in [0.717, 1.165) is 65.2 Å². The van der Waals surface area contributed by atoms with Crippen LogP contribution < -0.4 is 4.90 Å². The number of aromatic amines is 2. The number of Topliss-reactive ketones (excluding diaryl/α,β-unsaturated/α-hetero) is 1. The molecule has 0 aliphatic carbocycles. The predicted molar refractivity (Wildman–Crippen MR) is 174 cm³/mol. The lowest BCUT2D eigenvalue weighted by molar-refractivity contribution is -0.134. The summed E-state index contributed by atoms with van der Waals surface area (Å²) < 4.78 is 6.72. The second-order valence-electron chi connectivity index (χ2n) is 11.4. The molecule has 2 aliphatic rings. The van der Waals surface area contributed by atoms with Crippen LogP contribution in [0.25, 0.3) is 38.6 Å². The van der Waals surface area contributed by atoms with Crippen molar-refractivity contribution < 1.29 is 14.3 Å². The van der Waals surface area contributed by atoms with Crippen LogP contribution in [0.4, 0.5) is 5.82 Å². The Hall–Kier alpha value is -4.46. The third-order valence-electron chi connectivity index (χ3n) is 8.42. The van der Waals surface area contributed by atoms with Crippen LogP contribution in [0.5, 0.6) is 0 Å². The first-order valence-corrected chi connectivity index (χ1v) is 16.1. The zero-order valence-corrected chi connectivity index (χ0v) is 26.0. The number of H-pyrrole nitrogens is 2. The normalized spacial score (nSPS) is 16.6. The van der Waals surface area contributed by atoms with Gasteiger partial charge in [-0.15, -0.1) is 11.3 Å². The first kappa shape index (κ1) is 29.3. The van der Waals surface area contributed by atoms with Crippen molar-refractivity contribution in [2.45, 2.75) is 26.3 Å². The molecule has 0 atom stereocenters. The molecule has 2 fully saturated rings. The highest BCUT2D eigenvalue weighted by atomic mass is 32.1. The number of anilines is 1. The van der Waals surface area contributed by atoms with Crippen molar-refractivity contribution in [3.05, 3.63) is 59.1 Å². The topological polar surface area (TPSA) is 136 Å². The van der Waals surface area contributed by atoms with Crippen LogP contribution in [0.15, 0.2) is 48.4 Å². The molecule has 7 rings (SSSR count). The van der Waals surface area contributed by atoms with Crippen molar-refractivity contribution in [2.75, 3.05) is 57.4 Å². The van der Waals surface area contributed by atoms with Gasteiger partial charge in [0.1, 0.15) is 5.82 Å². The molecule has 2 N–H and O–H groups in total. The number of nitrogens with one attached hydrogen (secondary N) is 2. The van der Waals surface area contributed by atoms with Gasteiger partial charge in [0.2, 0.25) is 5.91 Å². The van der Waals surface area contributed by atoms with Gasteiger partial charge in [-0.1, -0.05) is 12.1 Å². The maximum Gasteiger partial charge on any atom is 0.223 e. The molecule has 5 aromatic rings. The highest BCUT2D eigenvalue weighted by Gasteiger charge is 2.24. The highest BCUT2D eigenvalue weighted by Crippen LogP contribution is 2.36. The predicted octanol–water partition coefficient (Wildman–Crippen LogP) is 3.89. The van der Waals surface area contributed by atoms with E-state index >= 15 is 0 Å². The van der Waals surface area contributed by atoms with E-state index in [1.165, 1.54) is 4.88 Å². The quantitative estimate of drug-likeness (QED) is 0.234. The number of piperazine rings is 1. The van der Waals surface area contributed by atoms with Crippen LogP contribution in [0.3, 0.4) is 0 Å². The number of carbonyl (C=O) groups excluding carboxylic acids is 2. The summed E-state index contributed by atoms with van der Waals surface area (Å²) in [5, 5.41) is 8.27. The molecule has 0 unspecified atom stereocenters. The number of hydrogen-bond acceptors (Lipinski definition) is 10. The number of fused-ring (bicyclic) bond motifs is 2. The van der Waals surface area contributed by atoms with E-state index in [4.69, 9.17) is 14.7 Å². The number of hydrogen-bond donors (Lipinski definition) is 2. The average molecular weight is 626 g/mol. The molecular weight excluding hydrogens is 590 g/mol. The SMILES string of the molecule is C/C(=C\c1ncc[nH]1)C(=O)CCC(=O)N1CCN(Cc2cc3nc(-c4cccc5[nH]ncc45)nc(N4CCOCC4)c3s2)CC1. The van der Waals surface area contributed by atoms with Crippen molar-refractivity contribution in [1.29, 1.82) is 0 Å². The minimum absolute atomic E-state index is 0.0289. The zero-order chi connectivity index (χ0) is 30.8. The van der Waals surface area contributed by atoms with E-state index in [9.17, 15) is 9.59 Å². The number of benzene rings is 1. The van der Waals surface area contributed by atoms with Gasteiger partial charge in [0.15, 0.2) is 17.4 Å². The molecule has 0 radical (unpaired) electrons. The molecule has 13 heteroatoms. The lowest BCUT2D eigenvalue weighted by Gasteiger charge is -2.34. The summed E-state index contributed by atoms with van der Waals surface area (Å²) >= 11 is 1.74. The maximum absolute atomic E-state index is 12.9. The van der Waals surface area contributed by atoms with E-state index in [2.05, 4.69) is 36.0 Å². The highest BCUT2D eigenvalue weighted by molar-refractivity contribution is 7.19. The third kappa shape index (κ3) is 6.37. The fraction of sp³-hybridized carbons (Fsp3) is 0.375. The summed E-state index contributed by atoms with van der Waals surface area (Å²) in [7, 11) is 0. The molecule has 232 valence electrons. The number of allylic oxidation sites excluding steroid dienone is 1. The molecule has 12 nitrogen and oxygen atoms in total. The molecule has 2 saturated heterocycles. The number of carbonyl (C=O) groups is 2. The van der Waals surface area contributed by atoms with Gasteiger partial charge in [-0.25, -0.2) is 15.0 Å². The zero-order valence-electron chi connectivity index (χ0n) is 25.2. The lowest BCUT2D eigenvalue weighted by Crippen LogP contribution is -2.48. The van der Waals surface area contributed by atoms with E-state index in [1.807, 2.05) is 29.3 Å². The Kier molecular flexibility index (Phi) is 8.37. The number of thiophene rings is 1. The fourth-order valence-electron chi connectivity index (χ4n) is 5.91. The molecule has 0 bridgehead atoms. The summed E-state index contributed by atoms with van der Waals surface area (Å²) in [6.07, 6.45) is 7.32. The minimum atomic E-state index is -0.0349. The number of amides is 1. The Labute approximate surface area is 264 Å². The van der Waals surface area contributed by atoms with E-state index in [1.54, 1.807) is 36.7 Å². The Morgan fingerprint density at radius 2 is 1.91 bits per heavy atom. The number of ketones is 1. The smallest absolute Gasteiger partial charge is 0.223 e. The first-order chi connectivity index (χ1) is 22.0. The average Bonchev–Trinajstić information content (AvgIpc) is 3.85. The Bertz CT molecular complexity index is 1850. The second-order valence-corrected chi connectivity index (χ2v) is 12.6. The van der Waals surface area contributed by atoms with Crippen LogP contribution in [0, 0.1) is 0 Å². The van der Waals surface area contributed by atoms with Gasteiger partial charge >= 0.3 is 0 Å². The van der Waals surface area contributed by atoms with E-state index in [-0.39, 0.29) is 24.5 Å². The van der Waals surface area contributed by atoms with Gasteiger partial charge in [-0.05, 0) is 30.7 Å². The summed E-state index contributed by atoms with van der Waals surface area (Å²) in [6.45, 7) is 8.33. The fourth-order valence-corrected chi connectivity index (χ4v) is 7.06. The van der Waals surface area contributed by atoms with Crippen molar-refractivity contribution in [3.63, 3.8) is 0 Å². The summed E-state index contributed by atoms with van der Waals surface area (Å²) in [5.74, 6) is 2.28. The van der Waals surface area contributed by atoms with Crippen LogP contribution in [-0.2, 0) is 20.9 Å². The Balaban J connectivity index is 1.02. The summed E-state index contributed by atoms with van der Waals surface area (Å²) in [4.78, 5) is 50.5. The molecule has 4 aromatic heterocycles. The first-order valence-electron chi connectivity index (χ1n) is 15.3. The van der Waals surface area contributed by atoms with Crippen molar-refractivity contribution >= 4 is 56.0 Å². The van der Waals surface area contributed by atoms with Crippen molar-refractivity contribution in [3.8, 4) is 11.4 Å². The third-order valence-corrected chi connectivity index (χ3v) is 9.53. The molecule has 2 aliphatic heterocycles. The Morgan fingerprint density at radius 3 is 2.71 bits per heavy atom. The summed E-state index contributed by atoms with van der Waals surface area (Å²) in [5.41, 5.74) is 3.45. The molecule has 1 aromatic carbocycles. The minimum Gasteiger partial charge on any atom is -0.378 e. The molecule has 0 saturated carbocycles. The van der Waals surface area contributed by atoms with Crippen molar-refractivity contribution in [2.24, 2.45) is 0 Å². The molecule has 1 amide bonds. The largest absolute Gasteiger partial charge is 0.378 e. The number of aromatic nitrogens is 6. The van der Waals surface area contributed by atoms with Gasteiger partial charge < -0.3 is 19.5 Å². The van der Waals surface area contributed by atoms with Crippen LogP contribution in [0.1, 0.15) is 30.5 Å². The monoisotopic (exact) mass is 625 g/mol. The van der Waals surface area contributed by atoms with Gasteiger partial charge in [0.25, 0.3) is 0 Å². The second kappa shape index (κ2) is 12.9. The summed E-state index contributed by atoms with van der Waals surface area (Å²) in [6, 6.07) is 8.24. The molecule has 6 heterocycles. The van der Waals surface area contributed by atoms with Crippen LogP contribution in [0.2, 0.25) is 0 Å². The molecule has 0 spiro atoms. The van der Waals surface area contributed by atoms with Gasteiger partial charge in [0.05, 0.1) is 35.1 Å². The van der Waals surface area contributed by atoms with Crippen molar-refractivity contribution in [1.82, 2.24) is 39.9 Å². The van der Waals surface area contributed by atoms with Crippen LogP contribution in [-0.4, -0.2) is 104 Å².